The van der Waals surface area contributed by atoms with Gasteiger partial charge in [-0.25, -0.2) is 0 Å². The van der Waals surface area contributed by atoms with Crippen molar-refractivity contribution in [1.29, 1.82) is 0 Å². The summed E-state index contributed by atoms with van der Waals surface area (Å²) in [5.74, 6) is 0.850. The van der Waals surface area contributed by atoms with Crippen molar-refractivity contribution >= 4 is 11.9 Å². The van der Waals surface area contributed by atoms with Gasteiger partial charge in [0, 0.05) is 13.1 Å². The summed E-state index contributed by atoms with van der Waals surface area (Å²) in [6.45, 7) is 5.30. The molecule has 1 unspecified atom stereocenters. The average Bonchev–Trinajstić information content (AvgIpc) is 2.82. The molecule has 1 heterocycles. The van der Waals surface area contributed by atoms with Crippen molar-refractivity contribution in [3.8, 4) is 5.75 Å². The lowest BCUT2D eigenvalue weighted by molar-refractivity contribution is -0.151. The highest BCUT2D eigenvalue weighted by molar-refractivity contribution is 5.84. The molecule has 0 N–H and O–H groups in total. The molecule has 1 aliphatic heterocycles. The third-order valence-corrected chi connectivity index (χ3v) is 6.29. The van der Waals surface area contributed by atoms with E-state index in [1.807, 2.05) is 48.5 Å². The van der Waals surface area contributed by atoms with Crippen LogP contribution in [0.15, 0.2) is 54.6 Å². The van der Waals surface area contributed by atoms with E-state index in [1.54, 1.807) is 4.90 Å². The predicted octanol–water partition coefficient (Wildman–Crippen LogP) is 4.31. The van der Waals surface area contributed by atoms with Crippen LogP contribution in [-0.4, -0.2) is 43.6 Å². The maximum absolute atomic E-state index is 12.8. The summed E-state index contributed by atoms with van der Waals surface area (Å²) in [6.07, 6.45) is 2.09. The highest BCUT2D eigenvalue weighted by atomic mass is 16.5. The molecule has 0 aliphatic carbocycles. The Hall–Kier alpha value is -2.82. The number of hydrogen-bond acceptors (Lipinski definition) is 4. The van der Waals surface area contributed by atoms with E-state index < -0.39 is 5.41 Å². The Balaban J connectivity index is 1.65. The number of piperidine rings is 1. The van der Waals surface area contributed by atoms with Gasteiger partial charge in [-0.05, 0) is 42.4 Å². The van der Waals surface area contributed by atoms with E-state index >= 15 is 0 Å². The van der Waals surface area contributed by atoms with Crippen LogP contribution in [0.1, 0.15) is 50.2 Å². The van der Waals surface area contributed by atoms with E-state index in [2.05, 4.69) is 19.9 Å². The van der Waals surface area contributed by atoms with E-state index in [0.29, 0.717) is 31.8 Å². The fourth-order valence-electron chi connectivity index (χ4n) is 4.17. The van der Waals surface area contributed by atoms with Crippen LogP contribution in [0, 0.1) is 0 Å². The van der Waals surface area contributed by atoms with Crippen LogP contribution in [0.3, 0.4) is 0 Å². The maximum atomic E-state index is 12.8. The first-order valence-corrected chi connectivity index (χ1v) is 10.6. The van der Waals surface area contributed by atoms with Gasteiger partial charge in [-0.1, -0.05) is 62.4 Å². The molecule has 0 radical (unpaired) electrons. The number of esters is 1. The molecular formula is C25H31NO4. The molecule has 0 saturated carbocycles. The number of ether oxygens (including phenoxy) is 2. The monoisotopic (exact) mass is 409 g/mol. The summed E-state index contributed by atoms with van der Waals surface area (Å²) in [7, 11) is 1.42. The smallest absolute Gasteiger partial charge is 0.316 e. The minimum atomic E-state index is -0.698. The minimum absolute atomic E-state index is 0.00398. The van der Waals surface area contributed by atoms with Crippen LogP contribution in [-0.2, 0) is 19.7 Å². The first kappa shape index (κ1) is 21.9. The van der Waals surface area contributed by atoms with E-state index in [4.69, 9.17) is 9.47 Å². The summed E-state index contributed by atoms with van der Waals surface area (Å²) < 4.78 is 11.0. The van der Waals surface area contributed by atoms with Gasteiger partial charge in [-0.15, -0.1) is 0 Å². The van der Waals surface area contributed by atoms with Gasteiger partial charge in [0.05, 0.1) is 12.5 Å². The molecule has 2 aromatic rings. The van der Waals surface area contributed by atoms with Crippen molar-refractivity contribution in [2.45, 2.75) is 44.4 Å². The third-order valence-electron chi connectivity index (χ3n) is 6.29. The lowest BCUT2D eigenvalue weighted by atomic mass is 9.72. The van der Waals surface area contributed by atoms with Crippen molar-refractivity contribution < 1.29 is 19.1 Å². The van der Waals surface area contributed by atoms with Crippen LogP contribution in [0.25, 0.3) is 0 Å². The number of carbonyl (C=O) groups excluding carboxylic acids is 2. The number of para-hydroxylation sites is 1. The molecule has 30 heavy (non-hydrogen) atoms. The van der Waals surface area contributed by atoms with Crippen LogP contribution >= 0.6 is 0 Å². The van der Waals surface area contributed by atoms with Crippen molar-refractivity contribution in [3.63, 3.8) is 0 Å². The van der Waals surface area contributed by atoms with Gasteiger partial charge in [0.15, 0.2) is 6.61 Å². The number of methoxy groups -OCH3 is 1. The molecule has 5 nitrogen and oxygen atoms in total. The summed E-state index contributed by atoms with van der Waals surface area (Å²) in [4.78, 5) is 27.2. The number of benzene rings is 2. The first-order valence-electron chi connectivity index (χ1n) is 10.6. The van der Waals surface area contributed by atoms with Gasteiger partial charge in [0.2, 0.25) is 0 Å². The second-order valence-corrected chi connectivity index (χ2v) is 7.96. The van der Waals surface area contributed by atoms with Gasteiger partial charge < -0.3 is 14.4 Å². The number of likely N-dealkylation sites (tertiary alicyclic amines) is 1. The van der Waals surface area contributed by atoms with Crippen LogP contribution < -0.4 is 4.74 Å². The number of amides is 1. The second-order valence-electron chi connectivity index (χ2n) is 7.96. The molecule has 0 bridgehead atoms. The Kier molecular flexibility index (Phi) is 7.14. The zero-order valence-corrected chi connectivity index (χ0v) is 18.1. The SMILES string of the molecule is CCC(C)c1ccccc1OCC(=O)N1CCC(C(=O)OC)(c2ccccc2)CC1. The van der Waals surface area contributed by atoms with Gasteiger partial charge in [0.1, 0.15) is 5.75 Å². The standard InChI is InChI=1S/C25H31NO4/c1-4-19(2)21-12-8-9-13-22(21)30-18-23(27)26-16-14-25(15-17-26,24(28)29-3)20-10-6-5-7-11-20/h5-13,19H,4,14-18H2,1-3H3. The number of nitrogens with zero attached hydrogens (tertiary/aromatic N) is 1. The van der Waals surface area contributed by atoms with Crippen molar-refractivity contribution in [2.75, 3.05) is 26.8 Å². The van der Waals surface area contributed by atoms with E-state index in [-0.39, 0.29) is 18.5 Å². The molecule has 1 aliphatic rings. The molecule has 5 heteroatoms. The van der Waals surface area contributed by atoms with Crippen molar-refractivity contribution in [1.82, 2.24) is 4.90 Å². The largest absolute Gasteiger partial charge is 0.483 e. The normalized spacial score (nSPS) is 16.6. The van der Waals surface area contributed by atoms with Crippen molar-refractivity contribution in [2.24, 2.45) is 0 Å². The molecule has 1 amide bonds. The molecule has 1 fully saturated rings. The van der Waals surface area contributed by atoms with E-state index in [0.717, 1.165) is 23.3 Å². The topological polar surface area (TPSA) is 55.8 Å². The van der Waals surface area contributed by atoms with Gasteiger partial charge in [-0.2, -0.15) is 0 Å². The zero-order chi connectivity index (χ0) is 21.6. The molecule has 160 valence electrons. The van der Waals surface area contributed by atoms with Crippen LogP contribution in [0.4, 0.5) is 0 Å². The third kappa shape index (κ3) is 4.50. The predicted molar refractivity (Wildman–Crippen MR) is 117 cm³/mol. The molecule has 0 aromatic heterocycles. The summed E-state index contributed by atoms with van der Waals surface area (Å²) in [6, 6.07) is 17.6. The Morgan fingerprint density at radius 1 is 1.03 bits per heavy atom. The molecule has 0 spiro atoms. The Labute approximate surface area is 179 Å². The quantitative estimate of drug-likeness (QED) is 0.640. The Bertz CT molecular complexity index is 856. The van der Waals surface area contributed by atoms with Crippen LogP contribution in [0.2, 0.25) is 0 Å². The lowest BCUT2D eigenvalue weighted by Crippen LogP contribution is -2.50. The summed E-state index contributed by atoms with van der Waals surface area (Å²) >= 11 is 0. The fourth-order valence-corrected chi connectivity index (χ4v) is 4.17. The number of rotatable bonds is 7. The summed E-state index contributed by atoms with van der Waals surface area (Å²) in [5.41, 5.74) is 1.37. The molecular weight excluding hydrogens is 378 g/mol. The zero-order valence-electron chi connectivity index (χ0n) is 18.1. The molecule has 1 saturated heterocycles. The highest BCUT2D eigenvalue weighted by Gasteiger charge is 2.44. The Morgan fingerprint density at radius 3 is 2.30 bits per heavy atom. The molecule has 3 rings (SSSR count). The van der Waals surface area contributed by atoms with E-state index in [1.165, 1.54) is 7.11 Å². The highest BCUT2D eigenvalue weighted by Crippen LogP contribution is 2.37. The molecule has 1 atom stereocenters. The maximum Gasteiger partial charge on any atom is 0.316 e. The van der Waals surface area contributed by atoms with Gasteiger partial charge in [-0.3, -0.25) is 9.59 Å². The van der Waals surface area contributed by atoms with Gasteiger partial charge in [0.25, 0.3) is 5.91 Å². The number of carbonyl (C=O) groups is 2. The van der Waals surface area contributed by atoms with Crippen molar-refractivity contribution in [3.05, 3.63) is 65.7 Å². The van der Waals surface area contributed by atoms with Gasteiger partial charge >= 0.3 is 5.97 Å². The number of hydrogen-bond donors (Lipinski definition) is 0. The summed E-state index contributed by atoms with van der Waals surface area (Å²) in [5, 5.41) is 0. The fraction of sp³-hybridized carbons (Fsp3) is 0.440. The van der Waals surface area contributed by atoms with E-state index in [9.17, 15) is 9.59 Å². The minimum Gasteiger partial charge on any atom is -0.483 e. The first-order chi connectivity index (χ1) is 14.5. The average molecular weight is 410 g/mol. The lowest BCUT2D eigenvalue weighted by Gasteiger charge is -2.40. The molecule has 2 aromatic carbocycles. The second kappa shape index (κ2) is 9.79. The Morgan fingerprint density at radius 2 is 1.67 bits per heavy atom. The van der Waals surface area contributed by atoms with Crippen LogP contribution in [0.5, 0.6) is 5.75 Å².